The van der Waals surface area contributed by atoms with Gasteiger partial charge >= 0.3 is 0 Å². The number of hydrogen-bond donors (Lipinski definition) is 1. The molecule has 1 aliphatic rings. The minimum atomic E-state index is -0.0743. The van der Waals surface area contributed by atoms with Crippen molar-refractivity contribution in [1.82, 2.24) is 10.3 Å². The quantitative estimate of drug-likeness (QED) is 0.854. The third-order valence-electron chi connectivity index (χ3n) is 2.84. The molecule has 0 radical (unpaired) electrons. The summed E-state index contributed by atoms with van der Waals surface area (Å²) in [6, 6.07) is 5.36. The SMILES string of the molecule is O=C(NC1(CBr)CCC1)c1ccccn1. The number of nitrogens with one attached hydrogen (secondary N) is 1. The van der Waals surface area contributed by atoms with Crippen LogP contribution in [0.4, 0.5) is 0 Å². The Morgan fingerprint density at radius 2 is 2.33 bits per heavy atom. The molecule has 0 aliphatic heterocycles. The largest absolute Gasteiger partial charge is 0.344 e. The van der Waals surface area contributed by atoms with Gasteiger partial charge in [-0.1, -0.05) is 22.0 Å². The summed E-state index contributed by atoms with van der Waals surface area (Å²) in [5.74, 6) is -0.0743. The zero-order valence-corrected chi connectivity index (χ0v) is 9.96. The number of nitrogens with zero attached hydrogens (tertiary/aromatic N) is 1. The summed E-state index contributed by atoms with van der Waals surface area (Å²) in [6.45, 7) is 0. The van der Waals surface area contributed by atoms with Crippen LogP contribution >= 0.6 is 15.9 Å². The van der Waals surface area contributed by atoms with Crippen molar-refractivity contribution in [3.63, 3.8) is 0 Å². The Bertz CT molecular complexity index is 343. The van der Waals surface area contributed by atoms with Crippen molar-refractivity contribution in [1.29, 1.82) is 0 Å². The molecule has 1 aromatic rings. The van der Waals surface area contributed by atoms with E-state index in [1.54, 1.807) is 18.3 Å². The molecular weight excluding hydrogens is 256 g/mol. The lowest BCUT2D eigenvalue weighted by Gasteiger charge is -2.41. The van der Waals surface area contributed by atoms with E-state index in [4.69, 9.17) is 0 Å². The highest BCUT2D eigenvalue weighted by molar-refractivity contribution is 9.09. The fourth-order valence-electron chi connectivity index (χ4n) is 1.70. The predicted molar refractivity (Wildman–Crippen MR) is 62.1 cm³/mol. The summed E-state index contributed by atoms with van der Waals surface area (Å²) in [6.07, 6.45) is 4.93. The monoisotopic (exact) mass is 268 g/mol. The van der Waals surface area contributed by atoms with Crippen LogP contribution in [0.3, 0.4) is 0 Å². The molecule has 3 nitrogen and oxygen atoms in total. The molecule has 1 fully saturated rings. The van der Waals surface area contributed by atoms with Crippen LogP contribution in [0.25, 0.3) is 0 Å². The summed E-state index contributed by atoms with van der Waals surface area (Å²) >= 11 is 3.45. The van der Waals surface area contributed by atoms with Gasteiger partial charge in [0.1, 0.15) is 5.69 Å². The van der Waals surface area contributed by atoms with Crippen molar-refractivity contribution < 1.29 is 4.79 Å². The van der Waals surface area contributed by atoms with Crippen molar-refractivity contribution in [3.05, 3.63) is 30.1 Å². The Hall–Kier alpha value is -0.900. The third-order valence-corrected chi connectivity index (χ3v) is 3.92. The Balaban J connectivity index is 2.04. The molecule has 2 rings (SSSR count). The summed E-state index contributed by atoms with van der Waals surface area (Å²) in [5, 5.41) is 3.87. The molecule has 0 spiro atoms. The molecule has 0 unspecified atom stereocenters. The van der Waals surface area contributed by atoms with Crippen molar-refractivity contribution in [2.45, 2.75) is 24.8 Å². The first-order valence-electron chi connectivity index (χ1n) is 5.05. The number of aromatic nitrogens is 1. The van der Waals surface area contributed by atoms with E-state index >= 15 is 0 Å². The van der Waals surface area contributed by atoms with Crippen LogP contribution in [0.5, 0.6) is 0 Å². The first kappa shape index (κ1) is 10.6. The zero-order valence-electron chi connectivity index (χ0n) is 8.37. The molecule has 0 atom stereocenters. The van der Waals surface area contributed by atoms with Gasteiger partial charge in [-0.3, -0.25) is 9.78 Å². The molecule has 15 heavy (non-hydrogen) atoms. The normalized spacial score (nSPS) is 17.9. The molecule has 4 heteroatoms. The average molecular weight is 269 g/mol. The number of rotatable bonds is 3. The molecule has 1 aromatic heterocycles. The van der Waals surface area contributed by atoms with E-state index in [1.807, 2.05) is 6.07 Å². The van der Waals surface area contributed by atoms with E-state index in [-0.39, 0.29) is 11.4 Å². The lowest BCUT2D eigenvalue weighted by molar-refractivity contribution is 0.0851. The van der Waals surface area contributed by atoms with Crippen LogP contribution in [-0.4, -0.2) is 21.8 Å². The number of carbonyl (C=O) groups excluding carboxylic acids is 1. The summed E-state index contributed by atoms with van der Waals surface area (Å²) in [5.41, 5.74) is 0.457. The van der Waals surface area contributed by atoms with Crippen LogP contribution in [-0.2, 0) is 0 Å². The number of halogens is 1. The van der Waals surface area contributed by atoms with Crippen molar-refractivity contribution >= 4 is 21.8 Å². The standard InChI is InChI=1S/C11H13BrN2O/c12-8-11(5-3-6-11)14-10(15)9-4-1-2-7-13-9/h1-2,4,7H,3,5-6,8H2,(H,14,15). The van der Waals surface area contributed by atoms with Crippen LogP contribution in [0.15, 0.2) is 24.4 Å². The minimum absolute atomic E-state index is 0.0331. The molecule has 1 aliphatic carbocycles. The highest BCUT2D eigenvalue weighted by Crippen LogP contribution is 2.33. The fraction of sp³-hybridized carbons (Fsp3) is 0.455. The molecule has 1 heterocycles. The van der Waals surface area contributed by atoms with Gasteiger partial charge < -0.3 is 5.32 Å². The minimum Gasteiger partial charge on any atom is -0.344 e. The summed E-state index contributed by atoms with van der Waals surface area (Å²) in [7, 11) is 0. The maximum atomic E-state index is 11.8. The maximum absolute atomic E-state index is 11.8. The Morgan fingerprint density at radius 1 is 1.53 bits per heavy atom. The summed E-state index contributed by atoms with van der Waals surface area (Å²) < 4.78 is 0. The van der Waals surface area contributed by atoms with E-state index < -0.39 is 0 Å². The predicted octanol–water partition coefficient (Wildman–Crippen LogP) is 2.13. The van der Waals surface area contributed by atoms with Crippen molar-refractivity contribution in [3.8, 4) is 0 Å². The van der Waals surface area contributed by atoms with E-state index in [9.17, 15) is 4.79 Å². The Morgan fingerprint density at radius 3 is 2.80 bits per heavy atom. The fourth-order valence-corrected chi connectivity index (χ4v) is 2.40. The highest BCUT2D eigenvalue weighted by atomic mass is 79.9. The van der Waals surface area contributed by atoms with Gasteiger partial charge in [-0.25, -0.2) is 0 Å². The molecule has 1 saturated carbocycles. The van der Waals surface area contributed by atoms with E-state index in [0.29, 0.717) is 5.69 Å². The second-order valence-electron chi connectivity index (χ2n) is 3.94. The van der Waals surface area contributed by atoms with Crippen molar-refractivity contribution in [2.75, 3.05) is 5.33 Å². The van der Waals surface area contributed by atoms with Gasteiger partial charge in [-0.15, -0.1) is 0 Å². The second kappa shape index (κ2) is 4.31. The molecule has 0 saturated heterocycles. The lowest BCUT2D eigenvalue weighted by atomic mass is 9.78. The molecular formula is C11H13BrN2O. The number of hydrogen-bond acceptors (Lipinski definition) is 2. The van der Waals surface area contributed by atoms with Gasteiger partial charge in [-0.05, 0) is 31.4 Å². The van der Waals surface area contributed by atoms with Crippen LogP contribution in [0, 0.1) is 0 Å². The first-order chi connectivity index (χ1) is 7.26. The number of pyridine rings is 1. The van der Waals surface area contributed by atoms with E-state index in [0.717, 1.165) is 18.2 Å². The van der Waals surface area contributed by atoms with Gasteiger partial charge in [-0.2, -0.15) is 0 Å². The first-order valence-corrected chi connectivity index (χ1v) is 6.17. The number of alkyl halides is 1. The average Bonchev–Trinajstić information content (AvgIpc) is 2.24. The highest BCUT2D eigenvalue weighted by Gasteiger charge is 2.37. The molecule has 80 valence electrons. The van der Waals surface area contributed by atoms with E-state index in [1.165, 1.54) is 6.42 Å². The zero-order chi connectivity index (χ0) is 10.7. The van der Waals surface area contributed by atoms with Crippen molar-refractivity contribution in [2.24, 2.45) is 0 Å². The van der Waals surface area contributed by atoms with Gasteiger partial charge in [0.25, 0.3) is 5.91 Å². The topological polar surface area (TPSA) is 42.0 Å². The molecule has 0 bridgehead atoms. The van der Waals surface area contributed by atoms with Gasteiger partial charge in [0.05, 0.1) is 5.54 Å². The molecule has 1 amide bonds. The van der Waals surface area contributed by atoms with Crippen LogP contribution in [0.1, 0.15) is 29.8 Å². The van der Waals surface area contributed by atoms with Gasteiger partial charge in [0.15, 0.2) is 0 Å². The summed E-state index contributed by atoms with van der Waals surface area (Å²) in [4.78, 5) is 15.8. The van der Waals surface area contributed by atoms with Crippen LogP contribution in [0.2, 0.25) is 0 Å². The Labute approximate surface area is 97.4 Å². The third kappa shape index (κ3) is 2.20. The van der Waals surface area contributed by atoms with Crippen LogP contribution < -0.4 is 5.32 Å². The maximum Gasteiger partial charge on any atom is 0.270 e. The molecule has 0 aromatic carbocycles. The van der Waals surface area contributed by atoms with Gasteiger partial charge in [0.2, 0.25) is 0 Å². The smallest absolute Gasteiger partial charge is 0.270 e. The lowest BCUT2D eigenvalue weighted by Crippen LogP contribution is -2.55. The number of carbonyl (C=O) groups is 1. The number of amides is 1. The molecule has 1 N–H and O–H groups in total. The van der Waals surface area contributed by atoms with Gasteiger partial charge in [0, 0.05) is 11.5 Å². The Kier molecular flexibility index (Phi) is 3.05. The van der Waals surface area contributed by atoms with E-state index in [2.05, 4.69) is 26.2 Å². The second-order valence-corrected chi connectivity index (χ2v) is 4.50.